The highest BCUT2D eigenvalue weighted by atomic mass is 32.2. The van der Waals surface area contributed by atoms with Gasteiger partial charge in [0.25, 0.3) is 0 Å². The number of piperidine rings is 1. The van der Waals surface area contributed by atoms with Crippen molar-refractivity contribution in [2.24, 2.45) is 0 Å². The van der Waals surface area contributed by atoms with Gasteiger partial charge in [-0.25, -0.2) is 8.42 Å². The molecule has 5 nitrogen and oxygen atoms in total. The maximum Gasteiger partial charge on any atom is 0.153 e. The van der Waals surface area contributed by atoms with Crippen LogP contribution in [0.4, 0.5) is 0 Å². The standard InChI is InChI=1S/C14H29N3O2S/c1-3-17-9-5-14(6-10-17)16(2)8-4-13-12-20(18,19)11-7-15-13/h13-15H,3-12H2,1-2H3. The molecule has 0 radical (unpaired) electrons. The Labute approximate surface area is 123 Å². The fraction of sp³-hybridized carbons (Fsp3) is 1.00. The summed E-state index contributed by atoms with van der Waals surface area (Å²) in [6, 6.07) is 0.810. The molecular formula is C14H29N3O2S. The molecule has 2 aliphatic heterocycles. The number of sulfone groups is 1. The predicted octanol–water partition coefficient (Wildman–Crippen LogP) is 0.179. The first-order valence-electron chi connectivity index (χ1n) is 7.86. The summed E-state index contributed by atoms with van der Waals surface area (Å²) in [4.78, 5) is 4.93. The Balaban J connectivity index is 1.71. The van der Waals surface area contributed by atoms with Gasteiger partial charge in [0.1, 0.15) is 0 Å². The molecule has 1 unspecified atom stereocenters. The van der Waals surface area contributed by atoms with Gasteiger partial charge in [0.15, 0.2) is 9.84 Å². The second kappa shape index (κ2) is 7.20. The molecule has 2 aliphatic rings. The zero-order valence-electron chi connectivity index (χ0n) is 12.8. The maximum atomic E-state index is 11.6. The van der Waals surface area contributed by atoms with Crippen molar-refractivity contribution in [1.29, 1.82) is 0 Å². The summed E-state index contributed by atoms with van der Waals surface area (Å²) < 4.78 is 23.2. The molecule has 6 heteroatoms. The van der Waals surface area contributed by atoms with Gasteiger partial charge in [-0.1, -0.05) is 6.92 Å². The molecule has 2 heterocycles. The zero-order chi connectivity index (χ0) is 14.6. The molecule has 0 saturated carbocycles. The minimum Gasteiger partial charge on any atom is -0.312 e. The van der Waals surface area contributed by atoms with Crippen LogP contribution in [0.15, 0.2) is 0 Å². The third kappa shape index (κ3) is 4.69. The third-order valence-electron chi connectivity index (χ3n) is 4.76. The van der Waals surface area contributed by atoms with E-state index in [2.05, 4.69) is 29.1 Å². The van der Waals surface area contributed by atoms with Gasteiger partial charge in [0.2, 0.25) is 0 Å². The predicted molar refractivity (Wildman–Crippen MR) is 82.8 cm³/mol. The van der Waals surface area contributed by atoms with Crippen LogP contribution in [0.25, 0.3) is 0 Å². The molecule has 118 valence electrons. The molecule has 0 spiro atoms. The molecule has 1 N–H and O–H groups in total. The van der Waals surface area contributed by atoms with E-state index < -0.39 is 9.84 Å². The van der Waals surface area contributed by atoms with Crippen LogP contribution in [0.1, 0.15) is 26.2 Å². The summed E-state index contributed by atoms with van der Waals surface area (Å²) in [6.07, 6.45) is 3.41. The molecule has 20 heavy (non-hydrogen) atoms. The minimum atomic E-state index is -2.80. The Bertz CT molecular complexity index is 391. The molecule has 0 aromatic heterocycles. The Kier molecular flexibility index (Phi) is 5.84. The van der Waals surface area contributed by atoms with Gasteiger partial charge in [0.05, 0.1) is 11.5 Å². The lowest BCUT2D eigenvalue weighted by Gasteiger charge is -2.37. The lowest BCUT2D eigenvalue weighted by Crippen LogP contribution is -2.48. The lowest BCUT2D eigenvalue weighted by molar-refractivity contribution is 0.128. The van der Waals surface area contributed by atoms with Crippen LogP contribution in [0.3, 0.4) is 0 Å². The average Bonchev–Trinajstić information content (AvgIpc) is 2.44. The van der Waals surface area contributed by atoms with Gasteiger partial charge in [-0.2, -0.15) is 0 Å². The molecule has 2 fully saturated rings. The van der Waals surface area contributed by atoms with Crippen molar-refractivity contribution in [3.63, 3.8) is 0 Å². The van der Waals surface area contributed by atoms with E-state index in [0.717, 1.165) is 19.5 Å². The molecule has 0 bridgehead atoms. The molecule has 1 atom stereocenters. The first-order valence-corrected chi connectivity index (χ1v) is 9.68. The van der Waals surface area contributed by atoms with E-state index >= 15 is 0 Å². The van der Waals surface area contributed by atoms with Gasteiger partial charge < -0.3 is 15.1 Å². The van der Waals surface area contributed by atoms with Gasteiger partial charge >= 0.3 is 0 Å². The van der Waals surface area contributed by atoms with Crippen LogP contribution in [-0.2, 0) is 9.84 Å². The maximum absolute atomic E-state index is 11.6. The van der Waals surface area contributed by atoms with E-state index in [-0.39, 0.29) is 6.04 Å². The normalized spacial score (nSPS) is 28.9. The van der Waals surface area contributed by atoms with Crippen molar-refractivity contribution in [2.75, 3.05) is 51.3 Å². The molecule has 0 amide bonds. The Morgan fingerprint density at radius 1 is 1.30 bits per heavy atom. The van der Waals surface area contributed by atoms with Gasteiger partial charge in [-0.3, -0.25) is 0 Å². The van der Waals surface area contributed by atoms with Gasteiger partial charge in [-0.05, 0) is 52.5 Å². The number of likely N-dealkylation sites (tertiary alicyclic amines) is 1. The smallest absolute Gasteiger partial charge is 0.153 e. The summed E-state index contributed by atoms with van der Waals surface area (Å²) >= 11 is 0. The van der Waals surface area contributed by atoms with Gasteiger partial charge in [-0.15, -0.1) is 0 Å². The van der Waals surface area contributed by atoms with E-state index in [0.29, 0.717) is 24.1 Å². The van der Waals surface area contributed by atoms with Crippen LogP contribution in [0, 0.1) is 0 Å². The fourth-order valence-corrected chi connectivity index (χ4v) is 4.76. The van der Waals surface area contributed by atoms with E-state index in [1.165, 1.54) is 25.9 Å². The largest absolute Gasteiger partial charge is 0.312 e. The number of rotatable bonds is 5. The number of hydrogen-bond donors (Lipinski definition) is 1. The van der Waals surface area contributed by atoms with Crippen LogP contribution < -0.4 is 5.32 Å². The second-order valence-corrected chi connectivity index (χ2v) is 8.43. The molecule has 0 aromatic carbocycles. The van der Waals surface area contributed by atoms with Crippen LogP contribution >= 0.6 is 0 Å². The highest BCUT2D eigenvalue weighted by molar-refractivity contribution is 7.91. The quantitative estimate of drug-likeness (QED) is 0.785. The van der Waals surface area contributed by atoms with E-state index in [9.17, 15) is 8.42 Å². The van der Waals surface area contributed by atoms with Crippen molar-refractivity contribution >= 4 is 9.84 Å². The number of nitrogens with zero attached hydrogens (tertiary/aromatic N) is 2. The van der Waals surface area contributed by atoms with E-state index in [1.807, 2.05) is 0 Å². The first-order chi connectivity index (χ1) is 9.50. The monoisotopic (exact) mass is 303 g/mol. The van der Waals surface area contributed by atoms with E-state index in [4.69, 9.17) is 0 Å². The lowest BCUT2D eigenvalue weighted by atomic mass is 10.0. The number of hydrogen-bond acceptors (Lipinski definition) is 5. The van der Waals surface area contributed by atoms with Crippen molar-refractivity contribution in [2.45, 2.75) is 38.3 Å². The highest BCUT2D eigenvalue weighted by Crippen LogP contribution is 2.16. The second-order valence-electron chi connectivity index (χ2n) is 6.20. The zero-order valence-corrected chi connectivity index (χ0v) is 13.7. The van der Waals surface area contributed by atoms with Crippen molar-refractivity contribution in [1.82, 2.24) is 15.1 Å². The average molecular weight is 303 g/mol. The summed E-state index contributed by atoms with van der Waals surface area (Å²) in [5.74, 6) is 0.615. The topological polar surface area (TPSA) is 52.7 Å². The number of nitrogens with one attached hydrogen (secondary N) is 1. The van der Waals surface area contributed by atoms with Crippen molar-refractivity contribution in [3.8, 4) is 0 Å². The highest BCUT2D eigenvalue weighted by Gasteiger charge is 2.26. The molecule has 2 saturated heterocycles. The summed E-state index contributed by atoms with van der Waals surface area (Å²) in [5.41, 5.74) is 0. The first kappa shape index (κ1) is 16.2. The summed E-state index contributed by atoms with van der Waals surface area (Å²) in [5, 5.41) is 3.34. The Morgan fingerprint density at radius 2 is 2.00 bits per heavy atom. The summed E-state index contributed by atoms with van der Waals surface area (Å²) in [6.45, 7) is 7.37. The minimum absolute atomic E-state index is 0.145. The van der Waals surface area contributed by atoms with Crippen molar-refractivity contribution in [3.05, 3.63) is 0 Å². The molecule has 2 rings (SSSR count). The van der Waals surface area contributed by atoms with Crippen LogP contribution in [0.2, 0.25) is 0 Å². The molecule has 0 aliphatic carbocycles. The van der Waals surface area contributed by atoms with Crippen LogP contribution in [-0.4, -0.2) is 81.6 Å². The Morgan fingerprint density at radius 3 is 2.60 bits per heavy atom. The van der Waals surface area contributed by atoms with Crippen LogP contribution in [0.5, 0.6) is 0 Å². The molecular weight excluding hydrogens is 274 g/mol. The van der Waals surface area contributed by atoms with E-state index in [1.54, 1.807) is 0 Å². The van der Waals surface area contributed by atoms with Gasteiger partial charge in [0, 0.05) is 18.6 Å². The Hall–Kier alpha value is -0.170. The molecule has 0 aromatic rings. The fourth-order valence-electron chi connectivity index (χ4n) is 3.27. The summed E-state index contributed by atoms with van der Waals surface area (Å²) in [7, 11) is -0.619. The van der Waals surface area contributed by atoms with Crippen molar-refractivity contribution < 1.29 is 8.42 Å². The SMILES string of the molecule is CCN1CCC(N(C)CCC2CS(=O)(=O)CCN2)CC1. The third-order valence-corrected chi connectivity index (χ3v) is 6.50.